The third kappa shape index (κ3) is 4.64. The molecule has 0 aliphatic carbocycles. The van der Waals surface area contributed by atoms with Crippen LogP contribution in [0.15, 0.2) is 28.5 Å². The van der Waals surface area contributed by atoms with Crippen LogP contribution in [-0.4, -0.2) is 62.3 Å². The van der Waals surface area contributed by atoms with Crippen molar-refractivity contribution in [1.29, 1.82) is 0 Å². The first kappa shape index (κ1) is 21.5. The van der Waals surface area contributed by atoms with Gasteiger partial charge in [0.1, 0.15) is 10.3 Å². The highest BCUT2D eigenvalue weighted by molar-refractivity contribution is 7.91. The van der Waals surface area contributed by atoms with Crippen LogP contribution >= 0.6 is 22.9 Å². The van der Waals surface area contributed by atoms with Crippen LogP contribution in [-0.2, 0) is 19.6 Å². The summed E-state index contributed by atoms with van der Waals surface area (Å²) in [6, 6.07) is 5.94. The molecule has 0 spiro atoms. The van der Waals surface area contributed by atoms with Gasteiger partial charge in [0.25, 0.3) is 10.0 Å². The van der Waals surface area contributed by atoms with E-state index < -0.39 is 16.1 Å². The highest BCUT2D eigenvalue weighted by atomic mass is 35.5. The van der Waals surface area contributed by atoms with Crippen LogP contribution in [0.1, 0.15) is 32.1 Å². The van der Waals surface area contributed by atoms with Crippen LogP contribution in [0.25, 0.3) is 10.1 Å². The lowest BCUT2D eigenvalue weighted by atomic mass is 10.1. The van der Waals surface area contributed by atoms with Crippen molar-refractivity contribution in [2.75, 3.05) is 26.2 Å². The number of carbonyl (C=O) groups is 2. The number of hydrogen-bond donors (Lipinski definition) is 1. The molecule has 2 aliphatic heterocycles. The Labute approximate surface area is 185 Å². The fourth-order valence-corrected chi connectivity index (χ4v) is 6.89. The Balaban J connectivity index is 1.45. The molecule has 1 N–H and O–H groups in total. The summed E-state index contributed by atoms with van der Waals surface area (Å²) in [5.41, 5.74) is 0. The molecule has 1 aromatic heterocycles. The van der Waals surface area contributed by atoms with E-state index in [1.807, 2.05) is 0 Å². The molecular weight excluding hydrogens is 446 g/mol. The molecule has 2 saturated heterocycles. The number of hydrogen-bond acceptors (Lipinski definition) is 5. The molecule has 10 heteroatoms. The van der Waals surface area contributed by atoms with Gasteiger partial charge < -0.3 is 9.80 Å². The average Bonchev–Trinajstić information content (AvgIpc) is 3.16. The second-order valence-corrected chi connectivity index (χ2v) is 11.2. The molecule has 7 nitrogen and oxygen atoms in total. The van der Waals surface area contributed by atoms with Crippen LogP contribution in [0.2, 0.25) is 5.02 Å². The third-order valence-electron chi connectivity index (χ3n) is 5.59. The highest BCUT2D eigenvalue weighted by Gasteiger charge is 2.34. The van der Waals surface area contributed by atoms with Crippen molar-refractivity contribution in [1.82, 2.24) is 14.5 Å². The number of thiophene rings is 1. The zero-order chi connectivity index (χ0) is 21.3. The number of fused-ring (bicyclic) bond motifs is 1. The van der Waals surface area contributed by atoms with E-state index in [0.717, 1.165) is 53.8 Å². The minimum absolute atomic E-state index is 0.0123. The highest BCUT2D eigenvalue weighted by Crippen LogP contribution is 2.31. The molecule has 2 aromatic rings. The van der Waals surface area contributed by atoms with Crippen molar-refractivity contribution in [2.45, 2.75) is 42.4 Å². The first-order valence-corrected chi connectivity index (χ1v) is 12.8. The Hall–Kier alpha value is -1.68. The number of rotatable bonds is 5. The maximum absolute atomic E-state index is 12.9. The number of halogens is 1. The van der Waals surface area contributed by atoms with E-state index in [2.05, 4.69) is 4.72 Å². The van der Waals surface area contributed by atoms with Crippen molar-refractivity contribution in [3.8, 4) is 0 Å². The zero-order valence-electron chi connectivity index (χ0n) is 16.5. The van der Waals surface area contributed by atoms with Gasteiger partial charge in [0, 0.05) is 29.4 Å². The van der Waals surface area contributed by atoms with E-state index in [9.17, 15) is 18.0 Å². The van der Waals surface area contributed by atoms with Gasteiger partial charge in [-0.05, 0) is 55.7 Å². The summed E-state index contributed by atoms with van der Waals surface area (Å²) < 4.78 is 29.3. The topological polar surface area (TPSA) is 86.8 Å². The first-order valence-electron chi connectivity index (χ1n) is 10.1. The van der Waals surface area contributed by atoms with Gasteiger partial charge in [0.2, 0.25) is 11.8 Å². The summed E-state index contributed by atoms with van der Waals surface area (Å²) in [7, 11) is -3.86. The normalized spacial score (nSPS) is 20.7. The van der Waals surface area contributed by atoms with Gasteiger partial charge in [-0.2, -0.15) is 4.72 Å². The predicted octanol–water partition coefficient (Wildman–Crippen LogP) is 2.84. The van der Waals surface area contributed by atoms with E-state index in [4.69, 9.17) is 11.6 Å². The van der Waals surface area contributed by atoms with Crippen LogP contribution in [0.4, 0.5) is 0 Å². The van der Waals surface area contributed by atoms with E-state index in [0.29, 0.717) is 24.4 Å². The van der Waals surface area contributed by atoms with Gasteiger partial charge >= 0.3 is 0 Å². The monoisotopic (exact) mass is 469 g/mol. The number of carbonyl (C=O) groups excluding carboxylic acids is 2. The fraction of sp³-hybridized carbons (Fsp3) is 0.500. The van der Waals surface area contributed by atoms with Gasteiger partial charge in [0.05, 0.1) is 6.54 Å². The Morgan fingerprint density at radius 3 is 2.67 bits per heavy atom. The average molecular weight is 470 g/mol. The molecule has 2 aliphatic rings. The molecule has 0 unspecified atom stereocenters. The van der Waals surface area contributed by atoms with Crippen LogP contribution in [0, 0.1) is 0 Å². The Morgan fingerprint density at radius 1 is 1.13 bits per heavy atom. The number of piperidine rings is 2. The smallest absolute Gasteiger partial charge is 0.250 e. The minimum Gasteiger partial charge on any atom is -0.341 e. The summed E-state index contributed by atoms with van der Waals surface area (Å²) in [4.78, 5) is 28.7. The number of nitrogens with one attached hydrogen (secondary N) is 1. The van der Waals surface area contributed by atoms with Crippen molar-refractivity contribution in [2.24, 2.45) is 0 Å². The number of sulfonamides is 1. The lowest BCUT2D eigenvalue weighted by Crippen LogP contribution is -2.54. The second-order valence-electron chi connectivity index (χ2n) is 7.76. The SMILES string of the molecule is O=C(CN1CCC[C@H](NS(=O)(=O)c2cc3ccc(Cl)cc3s2)C1=O)N1CCCCC1. The number of benzene rings is 1. The Kier molecular flexibility index (Phi) is 6.34. The second kappa shape index (κ2) is 8.82. The molecule has 2 fully saturated rings. The Morgan fingerprint density at radius 2 is 1.90 bits per heavy atom. The molecule has 4 rings (SSSR count). The summed E-state index contributed by atoms with van der Waals surface area (Å²) in [5.74, 6) is -0.396. The summed E-state index contributed by atoms with van der Waals surface area (Å²) in [6.07, 6.45) is 4.17. The van der Waals surface area contributed by atoms with Crippen LogP contribution in [0.3, 0.4) is 0 Å². The number of nitrogens with zero attached hydrogens (tertiary/aromatic N) is 2. The van der Waals surface area contributed by atoms with E-state index in [-0.39, 0.29) is 22.6 Å². The summed E-state index contributed by atoms with van der Waals surface area (Å²) in [6.45, 7) is 1.94. The van der Waals surface area contributed by atoms with Gasteiger partial charge in [-0.1, -0.05) is 17.7 Å². The maximum atomic E-state index is 12.9. The number of amides is 2. The molecule has 2 amide bonds. The molecule has 3 heterocycles. The summed E-state index contributed by atoms with van der Waals surface area (Å²) >= 11 is 7.11. The molecular formula is C20H24ClN3O4S2. The van der Waals surface area contributed by atoms with Crippen LogP contribution < -0.4 is 4.72 Å². The Bertz CT molecular complexity index is 1060. The van der Waals surface area contributed by atoms with Crippen molar-refractivity contribution in [3.05, 3.63) is 29.3 Å². The van der Waals surface area contributed by atoms with E-state index in [1.165, 1.54) is 4.90 Å². The van der Waals surface area contributed by atoms with Gasteiger partial charge in [-0.25, -0.2) is 8.42 Å². The quantitative estimate of drug-likeness (QED) is 0.729. The van der Waals surface area contributed by atoms with Gasteiger partial charge in [-0.3, -0.25) is 9.59 Å². The van der Waals surface area contributed by atoms with Gasteiger partial charge in [-0.15, -0.1) is 11.3 Å². The van der Waals surface area contributed by atoms with Crippen molar-refractivity contribution < 1.29 is 18.0 Å². The standard InChI is InChI=1S/C20H24ClN3O4S2/c21-15-7-6-14-11-19(29-17(14)12-15)30(27,28)22-16-5-4-10-24(20(16)26)13-18(25)23-8-2-1-3-9-23/h6-7,11-12,16,22H,1-5,8-10,13H2/t16-/m0/s1. The fourth-order valence-electron chi connectivity index (χ4n) is 3.97. The molecule has 30 heavy (non-hydrogen) atoms. The third-order valence-corrected chi connectivity index (χ3v) is 8.87. The molecule has 1 aromatic carbocycles. The molecule has 162 valence electrons. The maximum Gasteiger partial charge on any atom is 0.250 e. The first-order chi connectivity index (χ1) is 14.3. The van der Waals surface area contributed by atoms with E-state index >= 15 is 0 Å². The van der Waals surface area contributed by atoms with Crippen LogP contribution in [0.5, 0.6) is 0 Å². The number of likely N-dealkylation sites (tertiary alicyclic amines) is 2. The molecule has 0 bridgehead atoms. The molecule has 0 radical (unpaired) electrons. The lowest BCUT2D eigenvalue weighted by Gasteiger charge is -2.34. The van der Waals surface area contributed by atoms with Gasteiger partial charge in [0.15, 0.2) is 0 Å². The molecule has 0 saturated carbocycles. The minimum atomic E-state index is -3.86. The largest absolute Gasteiger partial charge is 0.341 e. The zero-order valence-corrected chi connectivity index (χ0v) is 18.9. The predicted molar refractivity (Wildman–Crippen MR) is 117 cm³/mol. The van der Waals surface area contributed by atoms with Crippen molar-refractivity contribution in [3.63, 3.8) is 0 Å². The summed E-state index contributed by atoms with van der Waals surface area (Å²) in [5, 5.41) is 1.33. The van der Waals surface area contributed by atoms with Crippen molar-refractivity contribution >= 4 is 54.9 Å². The lowest BCUT2D eigenvalue weighted by molar-refractivity contribution is -0.143. The molecule has 1 atom stereocenters. The van der Waals surface area contributed by atoms with E-state index in [1.54, 1.807) is 29.2 Å².